The van der Waals surface area contributed by atoms with Gasteiger partial charge in [-0.25, -0.2) is 0 Å². The van der Waals surface area contributed by atoms with Crippen LogP contribution in [0.2, 0.25) is 0 Å². The number of hydrogen-bond donors (Lipinski definition) is 2. The molecule has 1 aromatic carbocycles. The number of hydrogen-bond acceptors (Lipinski definition) is 3. The standard InChI is InChI=1S/C18H27NO3/c1-4-5-6-7-8-13(2)15(18(19)21)11-14-9-10-16(20)17(12-14)22-3/h9-10,12,20H,4-8,11H2,1-3H3,(H2,19,21). The zero-order chi connectivity index (χ0) is 16.5. The third kappa shape index (κ3) is 5.43. The lowest BCUT2D eigenvalue weighted by Gasteiger charge is -2.11. The minimum Gasteiger partial charge on any atom is -0.504 e. The third-order valence-electron chi connectivity index (χ3n) is 3.84. The van der Waals surface area contributed by atoms with Crippen LogP contribution >= 0.6 is 0 Å². The van der Waals surface area contributed by atoms with Crippen LogP contribution in [0.4, 0.5) is 0 Å². The molecule has 0 aromatic heterocycles. The molecule has 0 radical (unpaired) electrons. The predicted octanol–water partition coefficient (Wildman–Crippen LogP) is 3.72. The Balaban J connectivity index is 2.85. The fourth-order valence-corrected chi connectivity index (χ4v) is 2.45. The first-order chi connectivity index (χ1) is 10.5. The van der Waals surface area contributed by atoms with Crippen LogP contribution in [0, 0.1) is 0 Å². The number of unbranched alkanes of at least 4 members (excludes halogenated alkanes) is 3. The monoisotopic (exact) mass is 305 g/mol. The van der Waals surface area contributed by atoms with Crippen molar-refractivity contribution in [3.05, 3.63) is 34.9 Å². The van der Waals surface area contributed by atoms with E-state index in [0.29, 0.717) is 17.7 Å². The Labute approximate surface area is 133 Å². The molecule has 22 heavy (non-hydrogen) atoms. The van der Waals surface area contributed by atoms with Crippen molar-refractivity contribution in [3.8, 4) is 11.5 Å². The van der Waals surface area contributed by atoms with E-state index in [1.165, 1.54) is 26.4 Å². The molecule has 0 atom stereocenters. The van der Waals surface area contributed by atoms with E-state index >= 15 is 0 Å². The Morgan fingerprint density at radius 2 is 2.00 bits per heavy atom. The molecule has 1 aromatic rings. The van der Waals surface area contributed by atoms with Gasteiger partial charge in [0.25, 0.3) is 0 Å². The molecule has 122 valence electrons. The lowest BCUT2D eigenvalue weighted by molar-refractivity contribution is -0.114. The molecule has 4 nitrogen and oxygen atoms in total. The van der Waals surface area contributed by atoms with Crippen molar-refractivity contribution in [2.45, 2.75) is 52.4 Å². The van der Waals surface area contributed by atoms with E-state index < -0.39 is 0 Å². The average Bonchev–Trinajstić information content (AvgIpc) is 2.50. The highest BCUT2D eigenvalue weighted by molar-refractivity contribution is 5.93. The number of amides is 1. The lowest BCUT2D eigenvalue weighted by atomic mass is 9.96. The second kappa shape index (κ2) is 9.13. The summed E-state index contributed by atoms with van der Waals surface area (Å²) in [6.45, 7) is 4.15. The van der Waals surface area contributed by atoms with Gasteiger partial charge >= 0.3 is 0 Å². The van der Waals surface area contributed by atoms with E-state index in [0.717, 1.165) is 24.0 Å². The van der Waals surface area contributed by atoms with Gasteiger partial charge in [-0.15, -0.1) is 0 Å². The average molecular weight is 305 g/mol. The molecule has 0 aliphatic carbocycles. The first kappa shape index (κ1) is 18.1. The van der Waals surface area contributed by atoms with Crippen molar-refractivity contribution < 1.29 is 14.6 Å². The van der Waals surface area contributed by atoms with Gasteiger partial charge in [-0.2, -0.15) is 0 Å². The van der Waals surface area contributed by atoms with Gasteiger partial charge in [0.05, 0.1) is 7.11 Å². The Bertz CT molecular complexity index is 535. The van der Waals surface area contributed by atoms with E-state index in [1.54, 1.807) is 18.2 Å². The number of phenols is 1. The first-order valence-electron chi connectivity index (χ1n) is 7.83. The summed E-state index contributed by atoms with van der Waals surface area (Å²) in [5.74, 6) is 0.120. The third-order valence-corrected chi connectivity index (χ3v) is 3.84. The maximum atomic E-state index is 11.7. The second-order valence-corrected chi connectivity index (χ2v) is 5.62. The van der Waals surface area contributed by atoms with Gasteiger partial charge in [-0.3, -0.25) is 4.79 Å². The minimum atomic E-state index is -0.375. The fourth-order valence-electron chi connectivity index (χ4n) is 2.45. The molecule has 0 unspecified atom stereocenters. The van der Waals surface area contributed by atoms with Crippen molar-refractivity contribution >= 4 is 5.91 Å². The van der Waals surface area contributed by atoms with E-state index in [4.69, 9.17) is 10.5 Å². The summed E-state index contributed by atoms with van der Waals surface area (Å²) in [7, 11) is 1.50. The molecule has 1 rings (SSSR count). The number of nitrogens with two attached hydrogens (primary N) is 1. The number of ether oxygens (including phenoxy) is 1. The van der Waals surface area contributed by atoms with Crippen molar-refractivity contribution in [3.63, 3.8) is 0 Å². The van der Waals surface area contributed by atoms with Crippen molar-refractivity contribution in [1.82, 2.24) is 0 Å². The van der Waals surface area contributed by atoms with Gasteiger partial charge in [0.1, 0.15) is 0 Å². The highest BCUT2D eigenvalue weighted by Crippen LogP contribution is 2.28. The first-order valence-corrected chi connectivity index (χ1v) is 7.83. The molecule has 0 bridgehead atoms. The Kier molecular flexibility index (Phi) is 7.50. The molecular formula is C18H27NO3. The molecule has 0 fully saturated rings. The second-order valence-electron chi connectivity index (χ2n) is 5.62. The van der Waals surface area contributed by atoms with Crippen LogP contribution in [0.1, 0.15) is 51.5 Å². The van der Waals surface area contributed by atoms with Crippen molar-refractivity contribution in [2.75, 3.05) is 7.11 Å². The lowest BCUT2D eigenvalue weighted by Crippen LogP contribution is -2.17. The van der Waals surface area contributed by atoms with E-state index in [-0.39, 0.29) is 11.7 Å². The Morgan fingerprint density at radius 1 is 1.27 bits per heavy atom. The molecule has 0 saturated heterocycles. The molecule has 0 saturated carbocycles. The topological polar surface area (TPSA) is 72.6 Å². The largest absolute Gasteiger partial charge is 0.504 e. The Morgan fingerprint density at radius 3 is 2.59 bits per heavy atom. The number of aromatic hydroxyl groups is 1. The number of primary amides is 1. The molecule has 3 N–H and O–H groups in total. The van der Waals surface area contributed by atoms with Gasteiger partial charge < -0.3 is 15.6 Å². The van der Waals surface area contributed by atoms with Crippen LogP contribution in [-0.4, -0.2) is 18.1 Å². The van der Waals surface area contributed by atoms with E-state index in [2.05, 4.69) is 6.92 Å². The van der Waals surface area contributed by atoms with Crippen LogP contribution in [0.15, 0.2) is 29.3 Å². The maximum absolute atomic E-state index is 11.7. The molecule has 0 heterocycles. The number of carbonyl (C=O) groups excluding carboxylic acids is 1. The summed E-state index contributed by atoms with van der Waals surface area (Å²) in [6.07, 6.45) is 6.02. The van der Waals surface area contributed by atoms with Crippen LogP contribution in [0.5, 0.6) is 11.5 Å². The summed E-state index contributed by atoms with van der Waals surface area (Å²) in [5.41, 5.74) is 8.15. The zero-order valence-corrected chi connectivity index (χ0v) is 13.8. The minimum absolute atomic E-state index is 0.0899. The number of phenolic OH excluding ortho intramolecular Hbond substituents is 1. The summed E-state index contributed by atoms with van der Waals surface area (Å²) in [6, 6.07) is 5.09. The normalized spacial score (nSPS) is 12.0. The molecule has 0 spiro atoms. The van der Waals surface area contributed by atoms with Gasteiger partial charge in [-0.1, -0.05) is 37.8 Å². The van der Waals surface area contributed by atoms with Crippen molar-refractivity contribution in [2.24, 2.45) is 5.73 Å². The molecule has 4 heteroatoms. The van der Waals surface area contributed by atoms with Gasteiger partial charge in [0.15, 0.2) is 11.5 Å². The van der Waals surface area contributed by atoms with Crippen LogP contribution in [-0.2, 0) is 11.2 Å². The predicted molar refractivity (Wildman–Crippen MR) is 89.0 cm³/mol. The molecular weight excluding hydrogens is 278 g/mol. The number of allylic oxidation sites excluding steroid dienone is 1. The van der Waals surface area contributed by atoms with Crippen molar-refractivity contribution in [1.29, 1.82) is 0 Å². The molecule has 0 aliphatic heterocycles. The highest BCUT2D eigenvalue weighted by atomic mass is 16.5. The van der Waals surface area contributed by atoms with Gasteiger partial charge in [-0.05, 0) is 37.5 Å². The van der Waals surface area contributed by atoms with E-state index in [9.17, 15) is 9.90 Å². The summed E-state index contributed by atoms with van der Waals surface area (Å²) < 4.78 is 5.10. The highest BCUT2D eigenvalue weighted by Gasteiger charge is 2.12. The number of methoxy groups -OCH3 is 1. The van der Waals surface area contributed by atoms with Gasteiger partial charge in [0.2, 0.25) is 5.91 Å². The maximum Gasteiger partial charge on any atom is 0.244 e. The fraction of sp³-hybridized carbons (Fsp3) is 0.500. The van der Waals surface area contributed by atoms with E-state index in [1.807, 2.05) is 6.92 Å². The SMILES string of the molecule is CCCCCCC(C)=C(Cc1ccc(O)c(OC)c1)C(N)=O. The quantitative estimate of drug-likeness (QED) is 0.539. The number of carbonyl (C=O) groups is 1. The summed E-state index contributed by atoms with van der Waals surface area (Å²) in [4.78, 5) is 11.7. The smallest absolute Gasteiger partial charge is 0.244 e. The van der Waals surface area contributed by atoms with Crippen LogP contribution < -0.4 is 10.5 Å². The molecule has 1 amide bonds. The van der Waals surface area contributed by atoms with Gasteiger partial charge in [0, 0.05) is 12.0 Å². The molecule has 0 aliphatic rings. The summed E-state index contributed by atoms with van der Waals surface area (Å²) >= 11 is 0. The number of benzene rings is 1. The van der Waals surface area contributed by atoms with Crippen LogP contribution in [0.25, 0.3) is 0 Å². The Hall–Kier alpha value is -1.97. The zero-order valence-electron chi connectivity index (χ0n) is 13.8. The number of rotatable bonds is 9. The van der Waals surface area contributed by atoms with Crippen LogP contribution in [0.3, 0.4) is 0 Å². The summed E-state index contributed by atoms with van der Waals surface area (Å²) in [5, 5.41) is 9.63.